The van der Waals surface area contributed by atoms with E-state index in [1.54, 1.807) is 30.1 Å². The van der Waals surface area contributed by atoms with Crippen molar-refractivity contribution in [3.05, 3.63) is 36.0 Å². The third kappa shape index (κ3) is 1.71. The molecular weight excluding hydrogens is 182 g/mol. The first-order valence-corrected chi connectivity index (χ1v) is 4.17. The zero-order valence-electron chi connectivity index (χ0n) is 7.67. The number of aryl methyl sites for hydroxylation is 1. The molecule has 0 saturated heterocycles. The lowest BCUT2D eigenvalue weighted by Gasteiger charge is -1.91. The third-order valence-electron chi connectivity index (χ3n) is 1.79. The maximum Gasteiger partial charge on any atom is 0.204 e. The summed E-state index contributed by atoms with van der Waals surface area (Å²) in [6, 6.07) is 3.32. The normalized spacial score (nSPS) is 10.4. The molecule has 0 N–H and O–H groups in total. The molecule has 0 spiro atoms. The number of carbonyl (C=O) groups excluding carboxylic acids is 1. The van der Waals surface area contributed by atoms with Crippen LogP contribution in [0.2, 0.25) is 0 Å². The summed E-state index contributed by atoms with van der Waals surface area (Å²) in [4.78, 5) is 11.5. The summed E-state index contributed by atoms with van der Waals surface area (Å²) >= 11 is 0. The first-order chi connectivity index (χ1) is 6.75. The van der Waals surface area contributed by atoms with E-state index in [1.165, 1.54) is 6.26 Å². The predicted octanol–water partition coefficient (Wildman–Crippen LogP) is 0.833. The first kappa shape index (κ1) is 8.68. The molecule has 2 aromatic heterocycles. The van der Waals surface area contributed by atoms with Gasteiger partial charge >= 0.3 is 0 Å². The fourth-order valence-corrected chi connectivity index (χ4v) is 1.17. The number of Topliss-reactive ketones (excluding diaryl/α,β-unsaturated/α-hetero) is 1. The molecule has 5 nitrogen and oxygen atoms in total. The van der Waals surface area contributed by atoms with Crippen molar-refractivity contribution in [2.75, 3.05) is 0 Å². The zero-order valence-corrected chi connectivity index (χ0v) is 7.67. The van der Waals surface area contributed by atoms with Gasteiger partial charge in [-0.3, -0.25) is 9.48 Å². The van der Waals surface area contributed by atoms with Crippen LogP contribution in [0, 0.1) is 0 Å². The second-order valence-electron chi connectivity index (χ2n) is 2.96. The lowest BCUT2D eigenvalue weighted by Crippen LogP contribution is -2.02. The minimum atomic E-state index is -0.0875. The number of furan rings is 1. The van der Waals surface area contributed by atoms with Gasteiger partial charge in [-0.1, -0.05) is 5.21 Å². The lowest BCUT2D eigenvalue weighted by molar-refractivity contribution is 0.0965. The number of aromatic nitrogens is 3. The molecule has 0 atom stereocenters. The molecule has 0 bridgehead atoms. The minimum Gasteiger partial charge on any atom is -0.461 e. The Hall–Kier alpha value is -1.91. The lowest BCUT2D eigenvalue weighted by atomic mass is 10.2. The molecule has 0 unspecified atom stereocenters. The highest BCUT2D eigenvalue weighted by Crippen LogP contribution is 2.05. The fraction of sp³-hybridized carbons (Fsp3) is 0.222. The van der Waals surface area contributed by atoms with Gasteiger partial charge in [0.15, 0.2) is 5.76 Å². The summed E-state index contributed by atoms with van der Waals surface area (Å²) < 4.78 is 6.53. The number of hydrogen-bond donors (Lipinski definition) is 0. The number of carbonyl (C=O) groups is 1. The van der Waals surface area contributed by atoms with Crippen LogP contribution in [0.5, 0.6) is 0 Å². The summed E-state index contributed by atoms with van der Waals surface area (Å²) in [5, 5.41) is 7.55. The monoisotopic (exact) mass is 191 g/mol. The molecule has 2 aromatic rings. The SMILES string of the molecule is Cn1cc(CC(=O)c2ccco2)nn1. The molecule has 0 fully saturated rings. The highest BCUT2D eigenvalue weighted by molar-refractivity contribution is 5.94. The molecule has 0 amide bonds. The fourth-order valence-electron chi connectivity index (χ4n) is 1.17. The molecule has 72 valence electrons. The van der Waals surface area contributed by atoms with Crippen LogP contribution < -0.4 is 0 Å². The zero-order chi connectivity index (χ0) is 9.97. The minimum absolute atomic E-state index is 0.0875. The van der Waals surface area contributed by atoms with Gasteiger partial charge in [-0.25, -0.2) is 0 Å². The molecule has 0 aliphatic carbocycles. The number of hydrogen-bond acceptors (Lipinski definition) is 4. The van der Waals surface area contributed by atoms with Crippen LogP contribution in [0.25, 0.3) is 0 Å². The molecule has 0 aliphatic rings. The quantitative estimate of drug-likeness (QED) is 0.674. The van der Waals surface area contributed by atoms with E-state index in [0.29, 0.717) is 11.5 Å². The van der Waals surface area contributed by atoms with E-state index >= 15 is 0 Å². The van der Waals surface area contributed by atoms with Gasteiger partial charge in [0.1, 0.15) is 0 Å². The van der Waals surface area contributed by atoms with Gasteiger partial charge in [-0.2, -0.15) is 0 Å². The van der Waals surface area contributed by atoms with E-state index in [0.717, 1.165) is 0 Å². The molecule has 0 radical (unpaired) electrons. The van der Waals surface area contributed by atoms with Gasteiger partial charge in [0, 0.05) is 13.2 Å². The molecular formula is C9H9N3O2. The van der Waals surface area contributed by atoms with Crippen LogP contribution >= 0.6 is 0 Å². The number of rotatable bonds is 3. The van der Waals surface area contributed by atoms with Crippen LogP contribution in [0.3, 0.4) is 0 Å². The Morgan fingerprint density at radius 3 is 3.07 bits per heavy atom. The van der Waals surface area contributed by atoms with Crippen molar-refractivity contribution in [2.24, 2.45) is 7.05 Å². The van der Waals surface area contributed by atoms with E-state index in [-0.39, 0.29) is 12.2 Å². The maximum absolute atomic E-state index is 11.5. The summed E-state index contributed by atoms with van der Waals surface area (Å²) in [5.74, 6) is 0.270. The summed E-state index contributed by atoms with van der Waals surface area (Å²) in [5.41, 5.74) is 0.647. The Kier molecular flexibility index (Phi) is 2.14. The summed E-state index contributed by atoms with van der Waals surface area (Å²) in [6.45, 7) is 0. The third-order valence-corrected chi connectivity index (χ3v) is 1.79. The van der Waals surface area contributed by atoms with Crippen LogP contribution in [0.1, 0.15) is 16.2 Å². The van der Waals surface area contributed by atoms with Crippen molar-refractivity contribution in [1.29, 1.82) is 0 Å². The van der Waals surface area contributed by atoms with Crippen molar-refractivity contribution in [1.82, 2.24) is 15.0 Å². The maximum atomic E-state index is 11.5. The summed E-state index contributed by atoms with van der Waals surface area (Å²) in [6.07, 6.45) is 3.41. The van der Waals surface area contributed by atoms with Crippen LogP contribution in [0.4, 0.5) is 0 Å². The standard InChI is InChI=1S/C9H9N3O2/c1-12-6-7(10-11-12)5-8(13)9-3-2-4-14-9/h2-4,6H,5H2,1H3. The van der Waals surface area contributed by atoms with Crippen molar-refractivity contribution < 1.29 is 9.21 Å². The van der Waals surface area contributed by atoms with E-state index in [1.807, 2.05) is 0 Å². The van der Waals surface area contributed by atoms with Crippen molar-refractivity contribution in [3.63, 3.8) is 0 Å². The van der Waals surface area contributed by atoms with Crippen LogP contribution in [0.15, 0.2) is 29.0 Å². The van der Waals surface area contributed by atoms with Gasteiger partial charge in [0.2, 0.25) is 5.78 Å². The van der Waals surface area contributed by atoms with Gasteiger partial charge in [0.25, 0.3) is 0 Å². The van der Waals surface area contributed by atoms with Crippen LogP contribution in [-0.2, 0) is 13.5 Å². The largest absolute Gasteiger partial charge is 0.461 e. The Balaban J connectivity index is 2.09. The Morgan fingerprint density at radius 1 is 1.64 bits per heavy atom. The molecule has 2 heterocycles. The topological polar surface area (TPSA) is 60.9 Å². The number of ketones is 1. The van der Waals surface area contributed by atoms with Gasteiger partial charge in [-0.15, -0.1) is 5.10 Å². The highest BCUT2D eigenvalue weighted by atomic mass is 16.3. The van der Waals surface area contributed by atoms with Crippen molar-refractivity contribution in [2.45, 2.75) is 6.42 Å². The Labute approximate surface area is 80.3 Å². The van der Waals surface area contributed by atoms with E-state index in [4.69, 9.17) is 4.42 Å². The summed E-state index contributed by atoms with van der Waals surface area (Å²) in [7, 11) is 1.76. The van der Waals surface area contributed by atoms with E-state index in [2.05, 4.69) is 10.3 Å². The van der Waals surface area contributed by atoms with Crippen molar-refractivity contribution in [3.8, 4) is 0 Å². The average Bonchev–Trinajstić information content (AvgIpc) is 2.75. The van der Waals surface area contributed by atoms with Gasteiger partial charge in [0.05, 0.1) is 18.4 Å². The second kappa shape index (κ2) is 3.45. The van der Waals surface area contributed by atoms with Crippen LogP contribution in [-0.4, -0.2) is 20.8 Å². The molecule has 0 aromatic carbocycles. The average molecular weight is 191 g/mol. The molecule has 0 saturated carbocycles. The smallest absolute Gasteiger partial charge is 0.204 e. The van der Waals surface area contributed by atoms with Gasteiger partial charge < -0.3 is 4.42 Å². The van der Waals surface area contributed by atoms with Gasteiger partial charge in [-0.05, 0) is 12.1 Å². The molecule has 5 heteroatoms. The predicted molar refractivity (Wildman–Crippen MR) is 47.7 cm³/mol. The second-order valence-corrected chi connectivity index (χ2v) is 2.96. The van der Waals surface area contributed by atoms with Crippen molar-refractivity contribution >= 4 is 5.78 Å². The highest BCUT2D eigenvalue weighted by Gasteiger charge is 2.11. The van der Waals surface area contributed by atoms with E-state index < -0.39 is 0 Å². The first-order valence-electron chi connectivity index (χ1n) is 4.17. The Bertz CT molecular complexity index is 431. The molecule has 14 heavy (non-hydrogen) atoms. The van der Waals surface area contributed by atoms with E-state index in [9.17, 15) is 4.79 Å². The Morgan fingerprint density at radius 2 is 2.50 bits per heavy atom. The number of nitrogens with zero attached hydrogens (tertiary/aromatic N) is 3. The molecule has 2 rings (SSSR count). The molecule has 0 aliphatic heterocycles.